The molecule has 0 aliphatic rings. The molecule has 0 unspecified atom stereocenters. The third-order valence-corrected chi connectivity index (χ3v) is 6.57. The Hall–Kier alpha value is -3.19. The summed E-state index contributed by atoms with van der Waals surface area (Å²) in [4.78, 5) is 12.7. The molecule has 0 saturated carbocycles. The highest BCUT2D eigenvalue weighted by atomic mass is 32.2. The average Bonchev–Trinajstić information content (AvgIpc) is 2.78. The molecule has 1 amide bonds. The molecule has 7 heteroatoms. The Morgan fingerprint density at radius 2 is 1.58 bits per heavy atom. The van der Waals surface area contributed by atoms with Gasteiger partial charge in [0, 0.05) is 5.69 Å². The van der Waals surface area contributed by atoms with Crippen molar-refractivity contribution in [3.8, 4) is 0 Å². The number of rotatable bonds is 9. The van der Waals surface area contributed by atoms with E-state index < -0.39 is 28.3 Å². The SMILES string of the molecule is CCCCc1ccc(NC(=O)CN(c2ccccc2F)S(=O)(=O)c2ccccc2)cc1. The molecule has 0 aliphatic carbocycles. The first-order chi connectivity index (χ1) is 14.9. The van der Waals surface area contributed by atoms with Crippen LogP contribution in [-0.2, 0) is 21.2 Å². The van der Waals surface area contributed by atoms with E-state index >= 15 is 0 Å². The van der Waals surface area contributed by atoms with Crippen molar-refractivity contribution in [3.63, 3.8) is 0 Å². The summed E-state index contributed by atoms with van der Waals surface area (Å²) in [5.74, 6) is -1.29. The first-order valence-corrected chi connectivity index (χ1v) is 11.6. The van der Waals surface area contributed by atoms with E-state index in [9.17, 15) is 17.6 Å². The second kappa shape index (κ2) is 10.2. The Kier molecular flexibility index (Phi) is 7.41. The normalized spacial score (nSPS) is 11.2. The minimum Gasteiger partial charge on any atom is -0.325 e. The molecule has 0 saturated heterocycles. The van der Waals surface area contributed by atoms with Crippen LogP contribution in [0.5, 0.6) is 0 Å². The van der Waals surface area contributed by atoms with Crippen molar-refractivity contribution in [1.82, 2.24) is 0 Å². The smallest absolute Gasteiger partial charge is 0.264 e. The molecule has 0 heterocycles. The van der Waals surface area contributed by atoms with Crippen LogP contribution in [-0.4, -0.2) is 20.9 Å². The maximum atomic E-state index is 14.5. The number of benzene rings is 3. The number of anilines is 2. The molecule has 0 atom stereocenters. The van der Waals surface area contributed by atoms with Gasteiger partial charge in [-0.15, -0.1) is 0 Å². The van der Waals surface area contributed by atoms with Crippen LogP contribution in [0, 0.1) is 5.82 Å². The number of unbranched alkanes of at least 4 members (excludes halogenated alkanes) is 1. The maximum absolute atomic E-state index is 14.5. The van der Waals surface area contributed by atoms with Crippen LogP contribution in [0.25, 0.3) is 0 Å². The number of nitrogens with zero attached hydrogens (tertiary/aromatic N) is 1. The van der Waals surface area contributed by atoms with Crippen molar-refractivity contribution in [2.75, 3.05) is 16.2 Å². The molecule has 0 fully saturated rings. The Morgan fingerprint density at radius 3 is 2.23 bits per heavy atom. The highest BCUT2D eigenvalue weighted by molar-refractivity contribution is 7.92. The summed E-state index contributed by atoms with van der Waals surface area (Å²) in [6.07, 6.45) is 3.14. The van der Waals surface area contributed by atoms with Gasteiger partial charge in [-0.3, -0.25) is 9.10 Å². The number of carbonyl (C=O) groups is 1. The lowest BCUT2D eigenvalue weighted by atomic mass is 10.1. The topological polar surface area (TPSA) is 66.5 Å². The van der Waals surface area contributed by atoms with Gasteiger partial charge in [0.25, 0.3) is 10.0 Å². The van der Waals surface area contributed by atoms with Gasteiger partial charge in [-0.05, 0) is 54.8 Å². The molecule has 162 valence electrons. The zero-order valence-electron chi connectivity index (χ0n) is 17.3. The van der Waals surface area contributed by atoms with Crippen molar-refractivity contribution >= 4 is 27.3 Å². The summed E-state index contributed by atoms with van der Waals surface area (Å²) < 4.78 is 41.7. The third-order valence-electron chi connectivity index (χ3n) is 4.80. The van der Waals surface area contributed by atoms with Crippen molar-refractivity contribution in [3.05, 3.63) is 90.2 Å². The van der Waals surface area contributed by atoms with Crippen LogP contribution in [0.2, 0.25) is 0 Å². The van der Waals surface area contributed by atoms with Gasteiger partial charge in [0.1, 0.15) is 12.4 Å². The van der Waals surface area contributed by atoms with E-state index in [1.165, 1.54) is 35.9 Å². The van der Waals surface area contributed by atoms with Gasteiger partial charge in [0.05, 0.1) is 10.6 Å². The highest BCUT2D eigenvalue weighted by Crippen LogP contribution is 2.26. The predicted octanol–water partition coefficient (Wildman–Crippen LogP) is 5.00. The van der Waals surface area contributed by atoms with Crippen LogP contribution >= 0.6 is 0 Å². The average molecular weight is 441 g/mol. The summed E-state index contributed by atoms with van der Waals surface area (Å²) in [5, 5.41) is 2.70. The number of aryl methyl sites for hydroxylation is 1. The van der Waals surface area contributed by atoms with Crippen LogP contribution in [0.15, 0.2) is 83.8 Å². The zero-order chi connectivity index (χ0) is 22.3. The van der Waals surface area contributed by atoms with Crippen molar-refractivity contribution in [1.29, 1.82) is 0 Å². The first kappa shape index (κ1) is 22.5. The summed E-state index contributed by atoms with van der Waals surface area (Å²) in [5.41, 5.74) is 1.53. The van der Waals surface area contributed by atoms with E-state index in [0.29, 0.717) is 5.69 Å². The van der Waals surface area contributed by atoms with E-state index in [-0.39, 0.29) is 10.6 Å². The minimum absolute atomic E-state index is 0.0219. The second-order valence-electron chi connectivity index (χ2n) is 7.12. The lowest BCUT2D eigenvalue weighted by Gasteiger charge is -2.24. The fraction of sp³-hybridized carbons (Fsp3) is 0.208. The summed E-state index contributed by atoms with van der Waals surface area (Å²) >= 11 is 0. The number of hydrogen-bond acceptors (Lipinski definition) is 3. The zero-order valence-corrected chi connectivity index (χ0v) is 18.1. The molecule has 3 aromatic carbocycles. The molecule has 1 N–H and O–H groups in total. The molecule has 31 heavy (non-hydrogen) atoms. The largest absolute Gasteiger partial charge is 0.325 e. The summed E-state index contributed by atoms with van der Waals surface area (Å²) in [6.45, 7) is 1.56. The minimum atomic E-state index is -4.15. The molecule has 3 aromatic rings. The second-order valence-corrected chi connectivity index (χ2v) is 8.99. The van der Waals surface area contributed by atoms with Crippen LogP contribution in [0.3, 0.4) is 0 Å². The van der Waals surface area contributed by atoms with Crippen LogP contribution < -0.4 is 9.62 Å². The maximum Gasteiger partial charge on any atom is 0.264 e. The Balaban J connectivity index is 1.84. The van der Waals surface area contributed by atoms with Gasteiger partial charge >= 0.3 is 0 Å². The number of hydrogen-bond donors (Lipinski definition) is 1. The van der Waals surface area contributed by atoms with E-state index in [1.54, 1.807) is 30.3 Å². The van der Waals surface area contributed by atoms with Crippen LogP contribution in [0.4, 0.5) is 15.8 Å². The van der Waals surface area contributed by atoms with E-state index in [4.69, 9.17) is 0 Å². The Labute approximate surface area is 182 Å². The van der Waals surface area contributed by atoms with Gasteiger partial charge in [0.15, 0.2) is 0 Å². The highest BCUT2D eigenvalue weighted by Gasteiger charge is 2.29. The number of para-hydroxylation sites is 1. The lowest BCUT2D eigenvalue weighted by molar-refractivity contribution is -0.114. The molecule has 0 spiro atoms. The third kappa shape index (κ3) is 5.70. The van der Waals surface area contributed by atoms with Gasteiger partial charge in [0.2, 0.25) is 5.91 Å². The van der Waals surface area contributed by atoms with Gasteiger partial charge in [-0.1, -0.05) is 55.8 Å². The van der Waals surface area contributed by atoms with Crippen molar-refractivity contribution in [2.45, 2.75) is 31.1 Å². The fourth-order valence-electron chi connectivity index (χ4n) is 3.14. The Morgan fingerprint density at radius 1 is 0.935 bits per heavy atom. The fourth-order valence-corrected chi connectivity index (χ4v) is 4.59. The van der Waals surface area contributed by atoms with E-state index in [0.717, 1.165) is 29.6 Å². The first-order valence-electron chi connectivity index (χ1n) is 10.1. The van der Waals surface area contributed by atoms with Gasteiger partial charge in [-0.2, -0.15) is 0 Å². The molecule has 0 radical (unpaired) electrons. The summed E-state index contributed by atoms with van der Waals surface area (Å²) in [7, 11) is -4.15. The standard InChI is InChI=1S/C24H25FN2O3S/c1-2-3-9-19-14-16-20(17-15-19)26-24(28)18-27(23-13-8-7-12-22(23)25)31(29,30)21-10-5-4-6-11-21/h4-8,10-17H,2-3,9,18H2,1H3,(H,26,28). The number of sulfonamides is 1. The van der Waals surface area contributed by atoms with Gasteiger partial charge < -0.3 is 5.32 Å². The van der Waals surface area contributed by atoms with E-state index in [1.807, 2.05) is 12.1 Å². The van der Waals surface area contributed by atoms with Crippen LogP contribution in [0.1, 0.15) is 25.3 Å². The molecule has 0 aromatic heterocycles. The number of amides is 1. The number of halogens is 1. The number of carbonyl (C=O) groups excluding carboxylic acids is 1. The van der Waals surface area contributed by atoms with E-state index in [2.05, 4.69) is 12.2 Å². The quantitative estimate of drug-likeness (QED) is 0.509. The molecular weight excluding hydrogens is 415 g/mol. The molecule has 3 rings (SSSR count). The lowest BCUT2D eigenvalue weighted by Crippen LogP contribution is -2.38. The predicted molar refractivity (Wildman–Crippen MR) is 121 cm³/mol. The Bertz CT molecular complexity index is 1120. The van der Waals surface area contributed by atoms with Gasteiger partial charge in [-0.25, -0.2) is 12.8 Å². The van der Waals surface area contributed by atoms with Crippen molar-refractivity contribution in [2.24, 2.45) is 0 Å². The monoisotopic (exact) mass is 440 g/mol. The molecule has 5 nitrogen and oxygen atoms in total. The molecule has 0 aliphatic heterocycles. The molecule has 0 bridgehead atoms. The van der Waals surface area contributed by atoms with Crippen molar-refractivity contribution < 1.29 is 17.6 Å². The summed E-state index contributed by atoms with van der Waals surface area (Å²) in [6, 6.07) is 20.6. The molecular formula is C24H25FN2O3S. The number of nitrogens with one attached hydrogen (secondary N) is 1.